The number of sulfone groups is 1. The summed E-state index contributed by atoms with van der Waals surface area (Å²) in [4.78, 5) is -0.0145. The van der Waals surface area contributed by atoms with Gasteiger partial charge in [-0.15, -0.1) is 0 Å². The van der Waals surface area contributed by atoms with E-state index in [0.29, 0.717) is 12.0 Å². The number of nitrogens with zero attached hydrogens (tertiary/aromatic N) is 1. The van der Waals surface area contributed by atoms with Crippen molar-refractivity contribution >= 4 is 19.9 Å². The predicted molar refractivity (Wildman–Crippen MR) is 102 cm³/mol. The van der Waals surface area contributed by atoms with Gasteiger partial charge in [-0.2, -0.15) is 4.31 Å². The van der Waals surface area contributed by atoms with E-state index in [-0.39, 0.29) is 29.4 Å². The molecule has 0 atom stereocenters. The van der Waals surface area contributed by atoms with Gasteiger partial charge >= 0.3 is 0 Å². The highest BCUT2D eigenvalue weighted by atomic mass is 32.2. The van der Waals surface area contributed by atoms with Crippen molar-refractivity contribution in [1.82, 2.24) is 4.31 Å². The van der Waals surface area contributed by atoms with Crippen molar-refractivity contribution < 1.29 is 16.8 Å². The van der Waals surface area contributed by atoms with Gasteiger partial charge in [0.15, 0.2) is 9.84 Å². The first-order valence-electron chi connectivity index (χ1n) is 8.21. The number of benzene rings is 2. The third-order valence-electron chi connectivity index (χ3n) is 4.08. The van der Waals surface area contributed by atoms with E-state index >= 15 is 0 Å². The number of hydrogen-bond donors (Lipinski definition) is 1. The molecule has 6 nitrogen and oxygen atoms in total. The Balaban J connectivity index is 2.38. The number of aryl methyl sites for hydroxylation is 1. The molecule has 2 aromatic carbocycles. The Bertz CT molecular complexity index is 956. The van der Waals surface area contributed by atoms with Crippen LogP contribution in [0.15, 0.2) is 58.3 Å². The average Bonchev–Trinajstić information content (AvgIpc) is 2.58. The second-order valence-electron chi connectivity index (χ2n) is 6.13. The van der Waals surface area contributed by atoms with Crippen LogP contribution in [-0.2, 0) is 26.3 Å². The molecule has 142 valence electrons. The monoisotopic (exact) mass is 396 g/mol. The summed E-state index contributed by atoms with van der Waals surface area (Å²) in [5.74, 6) is 0. The third-order valence-corrected chi connectivity index (χ3v) is 7.23. The normalized spacial score (nSPS) is 12.5. The van der Waals surface area contributed by atoms with Crippen LogP contribution in [0.3, 0.4) is 0 Å². The number of nitrogens with two attached hydrogens (primary N) is 1. The molecule has 0 aromatic heterocycles. The van der Waals surface area contributed by atoms with Gasteiger partial charge in [0.05, 0.1) is 9.79 Å². The number of hydrogen-bond acceptors (Lipinski definition) is 5. The molecule has 0 aliphatic heterocycles. The minimum absolute atomic E-state index is 0.00179. The van der Waals surface area contributed by atoms with Gasteiger partial charge in [-0.05, 0) is 36.6 Å². The maximum absolute atomic E-state index is 13.1. The highest BCUT2D eigenvalue weighted by Crippen LogP contribution is 2.23. The van der Waals surface area contributed by atoms with Crippen molar-refractivity contribution in [3.63, 3.8) is 0 Å². The summed E-state index contributed by atoms with van der Waals surface area (Å²) in [6.45, 7) is 2.26. The van der Waals surface area contributed by atoms with Crippen LogP contribution in [0.1, 0.15) is 11.1 Å². The summed E-state index contributed by atoms with van der Waals surface area (Å²) in [6.07, 6.45) is 1.60. The first kappa shape index (κ1) is 20.6. The van der Waals surface area contributed by atoms with Gasteiger partial charge in [-0.1, -0.05) is 36.4 Å². The molecule has 2 N–H and O–H groups in total. The second kappa shape index (κ2) is 8.30. The third kappa shape index (κ3) is 4.91. The fraction of sp³-hybridized carbons (Fsp3) is 0.333. The fourth-order valence-electron chi connectivity index (χ4n) is 2.62. The standard InChI is InChI=1S/C18H24N2O4S2/c1-15-8-9-17(25(2,21)22)14-18(15)26(23,24)20(13-11-19)12-10-16-6-4-3-5-7-16/h3-9,14H,10-13,19H2,1-2H3. The zero-order valence-corrected chi connectivity index (χ0v) is 16.6. The van der Waals surface area contributed by atoms with E-state index in [1.165, 1.54) is 22.5 Å². The van der Waals surface area contributed by atoms with Crippen LogP contribution in [0.5, 0.6) is 0 Å². The molecule has 0 saturated carbocycles. The zero-order chi connectivity index (χ0) is 19.4. The topological polar surface area (TPSA) is 97.5 Å². The lowest BCUT2D eigenvalue weighted by atomic mass is 10.1. The molecule has 0 amide bonds. The maximum Gasteiger partial charge on any atom is 0.243 e. The predicted octanol–water partition coefficient (Wildman–Crippen LogP) is 1.59. The molecule has 0 radical (unpaired) electrons. The molecule has 0 fully saturated rings. The molecule has 0 aliphatic carbocycles. The largest absolute Gasteiger partial charge is 0.329 e. The average molecular weight is 397 g/mol. The Hall–Kier alpha value is -1.74. The molecular weight excluding hydrogens is 372 g/mol. The molecule has 0 saturated heterocycles. The van der Waals surface area contributed by atoms with Crippen molar-refractivity contribution in [2.75, 3.05) is 25.9 Å². The Morgan fingerprint density at radius 1 is 0.962 bits per heavy atom. The molecule has 8 heteroatoms. The van der Waals surface area contributed by atoms with Crippen molar-refractivity contribution in [2.24, 2.45) is 5.73 Å². The van der Waals surface area contributed by atoms with E-state index in [9.17, 15) is 16.8 Å². The zero-order valence-electron chi connectivity index (χ0n) is 14.9. The first-order valence-corrected chi connectivity index (χ1v) is 11.5. The van der Waals surface area contributed by atoms with Gasteiger partial charge in [0.1, 0.15) is 0 Å². The van der Waals surface area contributed by atoms with Crippen LogP contribution in [0, 0.1) is 6.92 Å². The Morgan fingerprint density at radius 2 is 1.62 bits per heavy atom. The highest BCUT2D eigenvalue weighted by molar-refractivity contribution is 7.91. The van der Waals surface area contributed by atoms with E-state index in [2.05, 4.69) is 0 Å². The number of sulfonamides is 1. The summed E-state index contributed by atoms with van der Waals surface area (Å²) in [5.41, 5.74) is 7.13. The summed E-state index contributed by atoms with van der Waals surface area (Å²) in [6, 6.07) is 13.7. The van der Waals surface area contributed by atoms with Crippen molar-refractivity contribution in [1.29, 1.82) is 0 Å². The van der Waals surface area contributed by atoms with E-state index in [1.807, 2.05) is 30.3 Å². The molecular formula is C18H24N2O4S2. The molecule has 0 bridgehead atoms. The van der Waals surface area contributed by atoms with Gasteiger partial charge in [0.25, 0.3) is 0 Å². The molecule has 2 rings (SSSR count). The smallest absolute Gasteiger partial charge is 0.243 e. The Kier molecular flexibility index (Phi) is 6.57. The maximum atomic E-state index is 13.1. The van der Waals surface area contributed by atoms with Crippen LogP contribution in [0.25, 0.3) is 0 Å². The first-order chi connectivity index (χ1) is 12.2. The van der Waals surface area contributed by atoms with E-state index in [1.54, 1.807) is 6.92 Å². The molecule has 0 spiro atoms. The number of rotatable bonds is 8. The minimum atomic E-state index is -3.86. The van der Waals surface area contributed by atoms with E-state index < -0.39 is 19.9 Å². The lowest BCUT2D eigenvalue weighted by Crippen LogP contribution is -2.37. The van der Waals surface area contributed by atoms with Gasteiger partial charge in [-0.3, -0.25) is 0 Å². The molecule has 0 unspecified atom stereocenters. The Morgan fingerprint density at radius 3 is 2.19 bits per heavy atom. The second-order valence-corrected chi connectivity index (χ2v) is 10.0. The molecule has 0 aliphatic rings. The van der Waals surface area contributed by atoms with Gasteiger partial charge in [-0.25, -0.2) is 16.8 Å². The quantitative estimate of drug-likeness (QED) is 0.731. The summed E-state index contributed by atoms with van der Waals surface area (Å²) in [5, 5.41) is 0. The van der Waals surface area contributed by atoms with Crippen LogP contribution < -0.4 is 5.73 Å². The van der Waals surface area contributed by atoms with Crippen LogP contribution in [-0.4, -0.2) is 47.0 Å². The summed E-state index contributed by atoms with van der Waals surface area (Å²) < 4.78 is 51.2. The van der Waals surface area contributed by atoms with Crippen LogP contribution in [0.4, 0.5) is 0 Å². The SMILES string of the molecule is Cc1ccc(S(C)(=O)=O)cc1S(=O)(=O)N(CCN)CCc1ccccc1. The molecule has 0 heterocycles. The van der Waals surface area contributed by atoms with Gasteiger partial charge in [0.2, 0.25) is 10.0 Å². The van der Waals surface area contributed by atoms with Crippen LogP contribution >= 0.6 is 0 Å². The lowest BCUT2D eigenvalue weighted by Gasteiger charge is -2.23. The minimum Gasteiger partial charge on any atom is -0.329 e. The van der Waals surface area contributed by atoms with Gasteiger partial charge in [0, 0.05) is 25.9 Å². The molecule has 2 aromatic rings. The van der Waals surface area contributed by atoms with Crippen molar-refractivity contribution in [3.8, 4) is 0 Å². The Labute approximate surface area is 155 Å². The van der Waals surface area contributed by atoms with Crippen molar-refractivity contribution in [3.05, 3.63) is 59.7 Å². The fourth-order valence-corrected chi connectivity index (χ4v) is 5.05. The molecule has 26 heavy (non-hydrogen) atoms. The van der Waals surface area contributed by atoms with E-state index in [0.717, 1.165) is 11.8 Å². The van der Waals surface area contributed by atoms with Crippen molar-refractivity contribution in [2.45, 2.75) is 23.1 Å². The van der Waals surface area contributed by atoms with Gasteiger partial charge < -0.3 is 5.73 Å². The van der Waals surface area contributed by atoms with Crippen LogP contribution in [0.2, 0.25) is 0 Å². The highest BCUT2D eigenvalue weighted by Gasteiger charge is 2.26. The summed E-state index contributed by atoms with van der Waals surface area (Å²) >= 11 is 0. The summed E-state index contributed by atoms with van der Waals surface area (Å²) in [7, 11) is -7.36. The van der Waals surface area contributed by atoms with E-state index in [4.69, 9.17) is 5.73 Å². The lowest BCUT2D eigenvalue weighted by molar-refractivity contribution is 0.421.